The number of methoxy groups -OCH3 is 1. The van der Waals surface area contributed by atoms with Crippen LogP contribution in [0.25, 0.3) is 0 Å². The lowest BCUT2D eigenvalue weighted by Crippen LogP contribution is -1.95. The van der Waals surface area contributed by atoms with Crippen molar-refractivity contribution in [2.75, 3.05) is 7.11 Å². The van der Waals surface area contributed by atoms with E-state index in [2.05, 4.69) is 41.6 Å². The lowest BCUT2D eigenvalue weighted by atomic mass is 10.1. The second kappa shape index (κ2) is 8.92. The molecule has 0 N–H and O–H groups in total. The van der Waals surface area contributed by atoms with Crippen LogP contribution in [0, 0.1) is 6.92 Å². The Morgan fingerprint density at radius 1 is 1.00 bits per heavy atom. The Bertz CT molecular complexity index is 799. The van der Waals surface area contributed by atoms with Crippen LogP contribution in [0.15, 0.2) is 53.9 Å². The van der Waals surface area contributed by atoms with Gasteiger partial charge in [-0.1, -0.05) is 24.3 Å². The van der Waals surface area contributed by atoms with Crippen LogP contribution in [0.4, 0.5) is 0 Å². The molecule has 25 heavy (non-hydrogen) atoms. The van der Waals surface area contributed by atoms with Crippen molar-refractivity contribution in [2.24, 2.45) is 0 Å². The molecule has 0 bridgehead atoms. The molecule has 3 nitrogen and oxygen atoms in total. The number of aromatic nitrogens is 1. The Kier molecular flexibility index (Phi) is 6.36. The predicted octanol–water partition coefficient (Wildman–Crippen LogP) is 5.47. The number of hydrogen-bond donors (Lipinski definition) is 0. The molecule has 0 radical (unpaired) electrons. The SMILES string of the molecule is COc1ccc(OCc2nc(CSCc3ccccc3C)cs2)cc1. The summed E-state index contributed by atoms with van der Waals surface area (Å²) in [7, 11) is 1.66. The second-order valence-electron chi connectivity index (χ2n) is 5.62. The second-order valence-corrected chi connectivity index (χ2v) is 7.54. The fourth-order valence-corrected chi connectivity index (χ4v) is 4.15. The van der Waals surface area contributed by atoms with Gasteiger partial charge in [-0.05, 0) is 42.3 Å². The van der Waals surface area contributed by atoms with Gasteiger partial charge in [0.25, 0.3) is 0 Å². The molecule has 0 spiro atoms. The summed E-state index contributed by atoms with van der Waals surface area (Å²) in [4.78, 5) is 4.66. The molecule has 0 amide bonds. The summed E-state index contributed by atoms with van der Waals surface area (Å²) in [6.07, 6.45) is 0. The van der Waals surface area contributed by atoms with Crippen LogP contribution in [0.1, 0.15) is 21.8 Å². The third-order valence-corrected chi connectivity index (χ3v) is 5.68. The summed E-state index contributed by atoms with van der Waals surface area (Å²) in [5.41, 5.74) is 3.87. The van der Waals surface area contributed by atoms with E-state index in [1.165, 1.54) is 11.1 Å². The summed E-state index contributed by atoms with van der Waals surface area (Å²) >= 11 is 3.55. The lowest BCUT2D eigenvalue weighted by molar-refractivity contribution is 0.304. The molecular formula is C20H21NO2S2. The molecule has 3 rings (SSSR count). The normalized spacial score (nSPS) is 10.6. The van der Waals surface area contributed by atoms with Gasteiger partial charge in [-0.2, -0.15) is 11.8 Å². The van der Waals surface area contributed by atoms with Crippen LogP contribution >= 0.6 is 23.1 Å². The van der Waals surface area contributed by atoms with Gasteiger partial charge in [-0.25, -0.2) is 4.98 Å². The van der Waals surface area contributed by atoms with E-state index in [0.717, 1.165) is 33.7 Å². The van der Waals surface area contributed by atoms with Crippen molar-refractivity contribution >= 4 is 23.1 Å². The molecule has 2 aromatic carbocycles. The number of hydrogen-bond acceptors (Lipinski definition) is 5. The molecule has 0 aliphatic carbocycles. The zero-order chi connectivity index (χ0) is 17.5. The van der Waals surface area contributed by atoms with Crippen LogP contribution in [-0.4, -0.2) is 12.1 Å². The van der Waals surface area contributed by atoms with Crippen molar-refractivity contribution in [1.82, 2.24) is 4.98 Å². The number of nitrogens with zero attached hydrogens (tertiary/aromatic N) is 1. The van der Waals surface area contributed by atoms with Crippen LogP contribution in [0.2, 0.25) is 0 Å². The Labute approximate surface area is 157 Å². The first kappa shape index (κ1) is 17.8. The van der Waals surface area contributed by atoms with Crippen LogP contribution in [0.5, 0.6) is 11.5 Å². The van der Waals surface area contributed by atoms with E-state index < -0.39 is 0 Å². The number of ether oxygens (including phenoxy) is 2. The fraction of sp³-hybridized carbons (Fsp3) is 0.250. The quantitative estimate of drug-likeness (QED) is 0.525. The maximum Gasteiger partial charge on any atom is 0.140 e. The largest absolute Gasteiger partial charge is 0.497 e. The van der Waals surface area contributed by atoms with Crippen LogP contribution in [-0.2, 0) is 18.1 Å². The van der Waals surface area contributed by atoms with Gasteiger partial charge in [0, 0.05) is 16.9 Å². The highest BCUT2D eigenvalue weighted by atomic mass is 32.2. The van der Waals surface area contributed by atoms with Crippen LogP contribution < -0.4 is 9.47 Å². The van der Waals surface area contributed by atoms with Gasteiger partial charge in [0.05, 0.1) is 12.8 Å². The molecule has 0 unspecified atom stereocenters. The highest BCUT2D eigenvalue weighted by Crippen LogP contribution is 2.23. The van der Waals surface area contributed by atoms with E-state index >= 15 is 0 Å². The number of benzene rings is 2. The summed E-state index contributed by atoms with van der Waals surface area (Å²) < 4.78 is 10.9. The third-order valence-electron chi connectivity index (χ3n) is 3.79. The van der Waals surface area contributed by atoms with Crippen molar-refractivity contribution in [3.63, 3.8) is 0 Å². The van der Waals surface area contributed by atoms with E-state index in [9.17, 15) is 0 Å². The molecule has 0 aliphatic heterocycles. The lowest BCUT2D eigenvalue weighted by Gasteiger charge is -2.05. The first-order valence-electron chi connectivity index (χ1n) is 8.07. The average molecular weight is 372 g/mol. The molecule has 0 aliphatic rings. The Morgan fingerprint density at radius 3 is 2.52 bits per heavy atom. The van der Waals surface area contributed by atoms with Gasteiger partial charge in [0.1, 0.15) is 23.1 Å². The monoisotopic (exact) mass is 371 g/mol. The van der Waals surface area contributed by atoms with Crippen LogP contribution in [0.3, 0.4) is 0 Å². The highest BCUT2D eigenvalue weighted by molar-refractivity contribution is 7.97. The Balaban J connectivity index is 1.46. The maximum absolute atomic E-state index is 5.78. The summed E-state index contributed by atoms with van der Waals surface area (Å²) in [6, 6.07) is 16.1. The molecule has 1 heterocycles. The Hall–Kier alpha value is -1.98. The van der Waals surface area contributed by atoms with Crippen molar-refractivity contribution < 1.29 is 9.47 Å². The van der Waals surface area contributed by atoms with Gasteiger partial charge in [-0.3, -0.25) is 0 Å². The minimum absolute atomic E-state index is 0.499. The number of thioether (sulfide) groups is 1. The molecule has 0 saturated heterocycles. The van der Waals surface area contributed by atoms with Gasteiger partial charge < -0.3 is 9.47 Å². The third kappa shape index (κ3) is 5.25. The molecule has 0 fully saturated rings. The summed E-state index contributed by atoms with van der Waals surface area (Å²) in [5, 5.41) is 3.12. The fourth-order valence-electron chi connectivity index (χ4n) is 2.34. The predicted molar refractivity (Wildman–Crippen MR) is 106 cm³/mol. The minimum atomic E-state index is 0.499. The van der Waals surface area contributed by atoms with E-state index in [0.29, 0.717) is 6.61 Å². The van der Waals surface area contributed by atoms with Gasteiger partial charge >= 0.3 is 0 Å². The molecule has 130 valence electrons. The number of rotatable bonds is 8. The minimum Gasteiger partial charge on any atom is -0.497 e. The van der Waals surface area contributed by atoms with Gasteiger partial charge in [0.15, 0.2) is 0 Å². The topological polar surface area (TPSA) is 31.4 Å². The molecule has 1 aromatic heterocycles. The first-order valence-corrected chi connectivity index (χ1v) is 10.1. The van der Waals surface area contributed by atoms with E-state index in [4.69, 9.17) is 9.47 Å². The molecule has 3 aromatic rings. The van der Waals surface area contributed by atoms with Gasteiger partial charge in [0.2, 0.25) is 0 Å². The van der Waals surface area contributed by atoms with Crippen molar-refractivity contribution in [3.05, 3.63) is 75.7 Å². The average Bonchev–Trinajstić information content (AvgIpc) is 3.10. The smallest absolute Gasteiger partial charge is 0.140 e. The molecular weight excluding hydrogens is 350 g/mol. The zero-order valence-electron chi connectivity index (χ0n) is 14.4. The first-order chi connectivity index (χ1) is 12.2. The molecule has 5 heteroatoms. The number of aryl methyl sites for hydroxylation is 1. The van der Waals surface area contributed by atoms with E-state index in [1.807, 2.05) is 36.0 Å². The van der Waals surface area contributed by atoms with E-state index in [-0.39, 0.29) is 0 Å². The zero-order valence-corrected chi connectivity index (χ0v) is 16.0. The summed E-state index contributed by atoms with van der Waals surface area (Å²) in [6.45, 7) is 2.66. The summed E-state index contributed by atoms with van der Waals surface area (Å²) in [5.74, 6) is 3.59. The molecule has 0 atom stereocenters. The van der Waals surface area contributed by atoms with Crippen molar-refractivity contribution in [1.29, 1.82) is 0 Å². The van der Waals surface area contributed by atoms with Crippen molar-refractivity contribution in [3.8, 4) is 11.5 Å². The Morgan fingerprint density at radius 2 is 1.76 bits per heavy atom. The molecule has 0 saturated carbocycles. The van der Waals surface area contributed by atoms with Gasteiger partial charge in [-0.15, -0.1) is 11.3 Å². The highest BCUT2D eigenvalue weighted by Gasteiger charge is 2.05. The number of thiazole rings is 1. The van der Waals surface area contributed by atoms with Crippen molar-refractivity contribution in [2.45, 2.75) is 25.0 Å². The standard InChI is InChI=1S/C20H21NO2S2/c1-15-5-3-4-6-16(15)12-24-13-17-14-25-20(21-17)11-23-19-9-7-18(22-2)8-10-19/h3-10,14H,11-13H2,1-2H3. The van der Waals surface area contributed by atoms with E-state index in [1.54, 1.807) is 18.4 Å². The maximum atomic E-state index is 5.78.